The van der Waals surface area contributed by atoms with Gasteiger partial charge in [-0.1, -0.05) is 12.1 Å². The molecule has 2 aromatic rings. The molecule has 0 spiro atoms. The lowest BCUT2D eigenvalue weighted by molar-refractivity contribution is 0.102. The van der Waals surface area contributed by atoms with Gasteiger partial charge in [-0.3, -0.25) is 14.8 Å². The van der Waals surface area contributed by atoms with Crippen molar-refractivity contribution in [1.82, 2.24) is 14.8 Å². The lowest BCUT2D eigenvalue weighted by Crippen LogP contribution is -2.14. The molecule has 0 fully saturated rings. The zero-order valence-electron chi connectivity index (χ0n) is 8.51. The van der Waals surface area contributed by atoms with E-state index in [1.165, 1.54) is 29.2 Å². The average Bonchev–Trinajstić information content (AvgIpc) is 2.64. The molecule has 0 bridgehead atoms. The van der Waals surface area contributed by atoms with Gasteiger partial charge in [0.1, 0.15) is 12.1 Å². The number of halogens is 1. The van der Waals surface area contributed by atoms with Gasteiger partial charge >= 0.3 is 0 Å². The first kappa shape index (κ1) is 10.3. The van der Waals surface area contributed by atoms with E-state index in [1.54, 1.807) is 13.1 Å². The molecule has 0 aliphatic carbocycles. The first-order chi connectivity index (χ1) is 7.66. The molecule has 1 amide bonds. The van der Waals surface area contributed by atoms with Crippen molar-refractivity contribution in [2.75, 3.05) is 5.32 Å². The molecule has 1 heterocycles. The number of aryl methyl sites for hydroxylation is 1. The van der Waals surface area contributed by atoms with Gasteiger partial charge in [-0.2, -0.15) is 0 Å². The lowest BCUT2D eigenvalue weighted by atomic mass is 10.2. The molecule has 1 N–H and O–H groups in total. The van der Waals surface area contributed by atoms with Crippen molar-refractivity contribution in [3.05, 3.63) is 42.0 Å². The van der Waals surface area contributed by atoms with Crippen LogP contribution in [0.15, 0.2) is 30.6 Å². The van der Waals surface area contributed by atoms with Gasteiger partial charge in [0, 0.05) is 7.05 Å². The number of carbonyl (C=O) groups excluding carboxylic acids is 1. The second kappa shape index (κ2) is 4.09. The summed E-state index contributed by atoms with van der Waals surface area (Å²) in [5.41, 5.74) is -0.0325. The van der Waals surface area contributed by atoms with Crippen LogP contribution in [0.25, 0.3) is 0 Å². The van der Waals surface area contributed by atoms with E-state index in [2.05, 4.69) is 15.4 Å². The Bertz CT molecular complexity index is 523. The summed E-state index contributed by atoms with van der Waals surface area (Å²) < 4.78 is 14.7. The van der Waals surface area contributed by atoms with Crippen LogP contribution in [0.4, 0.5) is 10.3 Å². The van der Waals surface area contributed by atoms with E-state index in [0.29, 0.717) is 0 Å². The molecule has 5 nitrogen and oxygen atoms in total. The highest BCUT2D eigenvalue weighted by atomic mass is 19.1. The monoisotopic (exact) mass is 220 g/mol. The van der Waals surface area contributed by atoms with Crippen LogP contribution in [-0.4, -0.2) is 20.7 Å². The first-order valence-electron chi connectivity index (χ1n) is 4.58. The molecule has 2 rings (SSSR count). The number of carbonyl (C=O) groups is 1. The molecule has 82 valence electrons. The summed E-state index contributed by atoms with van der Waals surface area (Å²) in [4.78, 5) is 15.4. The van der Waals surface area contributed by atoms with Crippen molar-refractivity contribution < 1.29 is 9.18 Å². The van der Waals surface area contributed by atoms with Crippen molar-refractivity contribution in [2.24, 2.45) is 7.05 Å². The largest absolute Gasteiger partial charge is 0.289 e. The fourth-order valence-corrected chi connectivity index (χ4v) is 1.21. The number of nitrogens with zero attached hydrogens (tertiary/aromatic N) is 3. The summed E-state index contributed by atoms with van der Waals surface area (Å²) in [6.45, 7) is 0. The number of hydrogen-bond acceptors (Lipinski definition) is 3. The van der Waals surface area contributed by atoms with Gasteiger partial charge in [0.15, 0.2) is 0 Å². The van der Waals surface area contributed by atoms with Gasteiger partial charge in [0.2, 0.25) is 5.95 Å². The maximum atomic E-state index is 13.2. The number of anilines is 1. The van der Waals surface area contributed by atoms with Gasteiger partial charge in [-0.15, -0.1) is 5.10 Å². The summed E-state index contributed by atoms with van der Waals surface area (Å²) in [7, 11) is 1.67. The van der Waals surface area contributed by atoms with Crippen LogP contribution in [0.5, 0.6) is 0 Å². The average molecular weight is 220 g/mol. The quantitative estimate of drug-likeness (QED) is 0.827. The molecule has 0 aliphatic rings. The number of benzene rings is 1. The van der Waals surface area contributed by atoms with Gasteiger partial charge in [0.05, 0.1) is 5.56 Å². The standard InChI is InChI=1S/C10H9FN4O/c1-15-6-12-10(14-15)13-9(16)7-4-2-3-5-8(7)11/h2-6H,1H3,(H,13,14,16). The van der Waals surface area contributed by atoms with Crippen molar-refractivity contribution in [2.45, 2.75) is 0 Å². The summed E-state index contributed by atoms with van der Waals surface area (Å²) >= 11 is 0. The maximum Gasteiger partial charge on any atom is 0.261 e. The van der Waals surface area contributed by atoms with E-state index >= 15 is 0 Å². The molecule has 0 atom stereocenters. The highest BCUT2D eigenvalue weighted by molar-refractivity contribution is 6.03. The SMILES string of the molecule is Cn1cnc(NC(=O)c2ccccc2F)n1. The van der Waals surface area contributed by atoms with Gasteiger partial charge in [-0.05, 0) is 12.1 Å². The fraction of sp³-hybridized carbons (Fsp3) is 0.100. The van der Waals surface area contributed by atoms with Crippen LogP contribution in [0.3, 0.4) is 0 Å². The topological polar surface area (TPSA) is 59.8 Å². The van der Waals surface area contributed by atoms with Crippen molar-refractivity contribution in [3.8, 4) is 0 Å². The summed E-state index contributed by atoms with van der Waals surface area (Å²) in [6.07, 6.45) is 1.44. The number of rotatable bonds is 2. The third-order valence-corrected chi connectivity index (χ3v) is 1.94. The Hall–Kier alpha value is -2.24. The zero-order valence-corrected chi connectivity index (χ0v) is 8.51. The van der Waals surface area contributed by atoms with Crippen LogP contribution in [0.1, 0.15) is 10.4 Å². The lowest BCUT2D eigenvalue weighted by Gasteiger charge is -2.01. The maximum absolute atomic E-state index is 13.2. The predicted molar refractivity (Wildman–Crippen MR) is 55.4 cm³/mol. The minimum Gasteiger partial charge on any atom is -0.289 e. The normalized spacial score (nSPS) is 10.1. The Labute approximate surface area is 90.9 Å². The number of amides is 1. The Morgan fingerprint density at radius 3 is 2.81 bits per heavy atom. The Morgan fingerprint density at radius 1 is 1.44 bits per heavy atom. The van der Waals surface area contributed by atoms with Gasteiger partial charge < -0.3 is 0 Å². The molecule has 6 heteroatoms. The second-order valence-corrected chi connectivity index (χ2v) is 3.18. The first-order valence-corrected chi connectivity index (χ1v) is 4.58. The Morgan fingerprint density at radius 2 is 2.19 bits per heavy atom. The summed E-state index contributed by atoms with van der Waals surface area (Å²) in [6, 6.07) is 5.73. The van der Waals surface area contributed by atoms with Crippen LogP contribution < -0.4 is 5.32 Å². The molecule has 0 aliphatic heterocycles. The van der Waals surface area contributed by atoms with Crippen LogP contribution in [-0.2, 0) is 7.05 Å². The zero-order chi connectivity index (χ0) is 11.5. The molecule has 1 aromatic carbocycles. The van der Waals surface area contributed by atoms with Crippen molar-refractivity contribution >= 4 is 11.9 Å². The molecular formula is C10H9FN4O. The van der Waals surface area contributed by atoms with E-state index in [-0.39, 0.29) is 11.5 Å². The molecule has 0 radical (unpaired) electrons. The number of hydrogen-bond donors (Lipinski definition) is 1. The van der Waals surface area contributed by atoms with E-state index < -0.39 is 11.7 Å². The molecule has 1 aromatic heterocycles. The highest BCUT2D eigenvalue weighted by Crippen LogP contribution is 2.08. The summed E-state index contributed by atoms with van der Waals surface area (Å²) in [5.74, 6) is -0.990. The van der Waals surface area contributed by atoms with Crippen LogP contribution in [0, 0.1) is 5.82 Å². The third-order valence-electron chi connectivity index (χ3n) is 1.94. The molecule has 0 saturated heterocycles. The molecule has 16 heavy (non-hydrogen) atoms. The molecule has 0 unspecified atom stereocenters. The third kappa shape index (κ3) is 2.05. The van der Waals surface area contributed by atoms with E-state index in [4.69, 9.17) is 0 Å². The molecule has 0 saturated carbocycles. The minimum atomic E-state index is -0.573. The van der Waals surface area contributed by atoms with Gasteiger partial charge in [0.25, 0.3) is 5.91 Å². The second-order valence-electron chi connectivity index (χ2n) is 3.18. The smallest absolute Gasteiger partial charge is 0.261 e. The van der Waals surface area contributed by atoms with Crippen molar-refractivity contribution in [3.63, 3.8) is 0 Å². The van der Waals surface area contributed by atoms with Crippen LogP contribution >= 0.6 is 0 Å². The Kier molecular flexibility index (Phi) is 2.63. The van der Waals surface area contributed by atoms with Gasteiger partial charge in [-0.25, -0.2) is 9.37 Å². The van der Waals surface area contributed by atoms with E-state index in [0.717, 1.165) is 0 Å². The minimum absolute atomic E-state index is 0.0325. The van der Waals surface area contributed by atoms with E-state index in [1.807, 2.05) is 0 Å². The van der Waals surface area contributed by atoms with E-state index in [9.17, 15) is 9.18 Å². The number of aromatic nitrogens is 3. The molecular weight excluding hydrogens is 211 g/mol. The fourth-order valence-electron chi connectivity index (χ4n) is 1.21. The van der Waals surface area contributed by atoms with Crippen molar-refractivity contribution in [1.29, 1.82) is 0 Å². The Balaban J connectivity index is 2.18. The highest BCUT2D eigenvalue weighted by Gasteiger charge is 2.12. The summed E-state index contributed by atoms with van der Waals surface area (Å²) in [5, 5.41) is 6.25. The van der Waals surface area contributed by atoms with Crippen LogP contribution in [0.2, 0.25) is 0 Å². The predicted octanol–water partition coefficient (Wildman–Crippen LogP) is 1.21. The number of nitrogens with one attached hydrogen (secondary N) is 1.